The van der Waals surface area contributed by atoms with Gasteiger partial charge in [-0.1, -0.05) is 6.92 Å². The van der Waals surface area contributed by atoms with E-state index in [-0.39, 0.29) is 10.7 Å². The van der Waals surface area contributed by atoms with E-state index < -0.39 is 21.6 Å². The molecule has 0 aliphatic carbocycles. The molecule has 0 radical (unpaired) electrons. The van der Waals surface area contributed by atoms with Crippen LogP contribution in [0.25, 0.3) is 0 Å². The molecule has 8 heteroatoms. The minimum atomic E-state index is -3.89. The average Bonchev–Trinajstić information content (AvgIpc) is 2.82. The molecular formula is C11H12FN3O3S. The molecule has 1 heterocycles. The summed E-state index contributed by atoms with van der Waals surface area (Å²) >= 11 is 0. The van der Waals surface area contributed by atoms with Crippen LogP contribution in [0.2, 0.25) is 0 Å². The Kier molecular flexibility index (Phi) is 3.43. The van der Waals surface area contributed by atoms with Crippen LogP contribution < -0.4 is 4.72 Å². The molecule has 0 spiro atoms. The second-order valence-electron chi connectivity index (χ2n) is 3.81. The van der Waals surface area contributed by atoms with Crippen molar-refractivity contribution in [3.8, 4) is 5.75 Å². The molecule has 0 bridgehead atoms. The van der Waals surface area contributed by atoms with Crippen molar-refractivity contribution in [2.75, 3.05) is 4.72 Å². The van der Waals surface area contributed by atoms with Crippen molar-refractivity contribution < 1.29 is 17.9 Å². The fraction of sp³-hybridized carbons (Fsp3) is 0.182. The fourth-order valence-electron chi connectivity index (χ4n) is 1.45. The van der Waals surface area contributed by atoms with Gasteiger partial charge in [0, 0.05) is 12.5 Å². The molecule has 1 aromatic carbocycles. The van der Waals surface area contributed by atoms with E-state index in [1.165, 1.54) is 6.20 Å². The molecule has 0 aliphatic heterocycles. The molecule has 1 aromatic heterocycles. The van der Waals surface area contributed by atoms with Crippen molar-refractivity contribution in [2.45, 2.75) is 18.4 Å². The van der Waals surface area contributed by atoms with Gasteiger partial charge in [0.25, 0.3) is 10.0 Å². The van der Waals surface area contributed by atoms with Gasteiger partial charge < -0.3 is 10.1 Å². The van der Waals surface area contributed by atoms with Crippen LogP contribution in [-0.2, 0) is 16.4 Å². The summed E-state index contributed by atoms with van der Waals surface area (Å²) in [5, 5.41) is 9.34. The lowest BCUT2D eigenvalue weighted by molar-refractivity contribution is 0.471. The average molecular weight is 285 g/mol. The molecule has 0 saturated carbocycles. The first kappa shape index (κ1) is 13.3. The number of anilines is 1. The highest BCUT2D eigenvalue weighted by molar-refractivity contribution is 7.92. The number of phenolic OH excluding ortho intramolecular Hbond substituents is 1. The number of nitrogens with zero attached hydrogens (tertiary/aromatic N) is 1. The van der Waals surface area contributed by atoms with Crippen LogP contribution >= 0.6 is 0 Å². The third-order valence-corrected chi connectivity index (χ3v) is 3.71. The number of hydrogen-bond acceptors (Lipinski definition) is 4. The number of benzene rings is 1. The summed E-state index contributed by atoms with van der Waals surface area (Å²) in [5.74, 6) is -0.613. The van der Waals surface area contributed by atoms with Crippen LogP contribution in [0.1, 0.15) is 12.7 Å². The van der Waals surface area contributed by atoms with Gasteiger partial charge in [-0.05, 0) is 12.1 Å². The zero-order chi connectivity index (χ0) is 14.0. The lowest BCUT2D eigenvalue weighted by Crippen LogP contribution is -2.13. The number of aromatic hydroxyl groups is 1. The summed E-state index contributed by atoms with van der Waals surface area (Å²) in [6.45, 7) is 1.83. The number of aryl methyl sites for hydroxylation is 1. The van der Waals surface area contributed by atoms with E-state index in [0.717, 1.165) is 18.2 Å². The SMILES string of the molecule is CCc1ncc(S(=O)(=O)Nc2ccc(F)cc2O)[nH]1. The van der Waals surface area contributed by atoms with Crippen molar-refractivity contribution in [3.05, 3.63) is 36.0 Å². The first-order valence-electron chi connectivity index (χ1n) is 5.47. The molecule has 0 fully saturated rings. The third kappa shape index (κ3) is 2.84. The number of H-pyrrole nitrogens is 1. The molecular weight excluding hydrogens is 273 g/mol. The Labute approximate surface area is 109 Å². The quantitative estimate of drug-likeness (QED) is 0.744. The van der Waals surface area contributed by atoms with Crippen LogP contribution in [0, 0.1) is 5.82 Å². The number of aromatic amines is 1. The van der Waals surface area contributed by atoms with Crippen LogP contribution in [0.15, 0.2) is 29.4 Å². The largest absolute Gasteiger partial charge is 0.506 e. The molecule has 0 saturated heterocycles. The van der Waals surface area contributed by atoms with Gasteiger partial charge >= 0.3 is 0 Å². The van der Waals surface area contributed by atoms with Crippen LogP contribution in [0.3, 0.4) is 0 Å². The summed E-state index contributed by atoms with van der Waals surface area (Å²) < 4.78 is 38.9. The van der Waals surface area contributed by atoms with E-state index >= 15 is 0 Å². The summed E-state index contributed by atoms with van der Waals surface area (Å²) in [6.07, 6.45) is 1.75. The van der Waals surface area contributed by atoms with Gasteiger partial charge in [-0.3, -0.25) is 4.72 Å². The molecule has 2 aromatic rings. The normalized spacial score (nSPS) is 11.5. The number of sulfonamides is 1. The van der Waals surface area contributed by atoms with Gasteiger partial charge in [0.1, 0.15) is 17.4 Å². The number of aromatic nitrogens is 2. The summed E-state index contributed by atoms with van der Waals surface area (Å²) in [7, 11) is -3.89. The van der Waals surface area contributed by atoms with E-state index in [1.54, 1.807) is 0 Å². The van der Waals surface area contributed by atoms with Crippen molar-refractivity contribution in [1.29, 1.82) is 0 Å². The molecule has 3 N–H and O–H groups in total. The molecule has 0 amide bonds. The first-order valence-corrected chi connectivity index (χ1v) is 6.96. The van der Waals surface area contributed by atoms with Crippen molar-refractivity contribution in [2.24, 2.45) is 0 Å². The lowest BCUT2D eigenvalue weighted by atomic mass is 10.3. The van der Waals surface area contributed by atoms with Crippen molar-refractivity contribution >= 4 is 15.7 Å². The van der Waals surface area contributed by atoms with Gasteiger partial charge in [-0.2, -0.15) is 8.42 Å². The zero-order valence-electron chi connectivity index (χ0n) is 10.0. The minimum absolute atomic E-state index is 0.103. The van der Waals surface area contributed by atoms with Crippen molar-refractivity contribution in [1.82, 2.24) is 9.97 Å². The number of imidazole rings is 1. The first-order chi connectivity index (χ1) is 8.92. The van der Waals surface area contributed by atoms with Gasteiger partial charge in [-0.25, -0.2) is 9.37 Å². The Morgan fingerprint density at radius 3 is 2.79 bits per heavy atom. The van der Waals surface area contributed by atoms with E-state index in [0.29, 0.717) is 12.2 Å². The number of hydrogen-bond donors (Lipinski definition) is 3. The smallest absolute Gasteiger partial charge is 0.279 e. The Morgan fingerprint density at radius 1 is 1.47 bits per heavy atom. The second kappa shape index (κ2) is 4.88. The van der Waals surface area contributed by atoms with Gasteiger partial charge in [0.2, 0.25) is 0 Å². The molecule has 0 atom stereocenters. The summed E-state index contributed by atoms with van der Waals surface area (Å²) in [6, 6.07) is 3.00. The molecule has 2 rings (SSSR count). The second-order valence-corrected chi connectivity index (χ2v) is 5.47. The molecule has 102 valence electrons. The highest BCUT2D eigenvalue weighted by Gasteiger charge is 2.18. The van der Waals surface area contributed by atoms with Crippen LogP contribution in [-0.4, -0.2) is 23.5 Å². The molecule has 19 heavy (non-hydrogen) atoms. The summed E-state index contributed by atoms with van der Waals surface area (Å²) in [4.78, 5) is 6.52. The summed E-state index contributed by atoms with van der Waals surface area (Å²) in [5.41, 5.74) is -0.103. The van der Waals surface area contributed by atoms with E-state index in [2.05, 4.69) is 14.7 Å². The molecule has 0 aliphatic rings. The maximum Gasteiger partial charge on any atom is 0.279 e. The topological polar surface area (TPSA) is 95.1 Å². The number of nitrogens with one attached hydrogen (secondary N) is 2. The van der Waals surface area contributed by atoms with E-state index in [4.69, 9.17) is 0 Å². The standard InChI is InChI=1S/C11H12FN3O3S/c1-2-10-13-6-11(14-10)19(17,18)15-8-4-3-7(12)5-9(8)16/h3-6,15-16H,2H2,1H3,(H,13,14). The van der Waals surface area contributed by atoms with E-state index in [1.807, 2.05) is 6.92 Å². The van der Waals surface area contributed by atoms with Gasteiger partial charge in [0.05, 0.1) is 11.9 Å². The number of phenols is 1. The third-order valence-electron chi connectivity index (χ3n) is 2.43. The Morgan fingerprint density at radius 2 is 2.21 bits per heavy atom. The minimum Gasteiger partial charge on any atom is -0.506 e. The maximum atomic E-state index is 12.8. The Balaban J connectivity index is 2.30. The molecule has 6 nitrogen and oxygen atoms in total. The van der Waals surface area contributed by atoms with Crippen LogP contribution in [0.4, 0.5) is 10.1 Å². The Hall–Kier alpha value is -2.09. The Bertz CT molecular complexity index is 697. The predicted octanol–water partition coefficient (Wildman–Crippen LogP) is 1.62. The highest BCUT2D eigenvalue weighted by atomic mass is 32.2. The monoisotopic (exact) mass is 285 g/mol. The predicted molar refractivity (Wildman–Crippen MR) is 66.8 cm³/mol. The van der Waals surface area contributed by atoms with E-state index in [9.17, 15) is 17.9 Å². The fourth-order valence-corrected chi connectivity index (χ4v) is 2.47. The maximum absolute atomic E-state index is 12.8. The number of halogens is 1. The van der Waals surface area contributed by atoms with Crippen molar-refractivity contribution in [3.63, 3.8) is 0 Å². The molecule has 0 unspecified atom stereocenters. The lowest BCUT2D eigenvalue weighted by Gasteiger charge is -2.07. The number of rotatable bonds is 4. The zero-order valence-corrected chi connectivity index (χ0v) is 10.8. The van der Waals surface area contributed by atoms with Crippen LogP contribution in [0.5, 0.6) is 5.75 Å². The van der Waals surface area contributed by atoms with Gasteiger partial charge in [0.15, 0.2) is 5.03 Å². The highest BCUT2D eigenvalue weighted by Crippen LogP contribution is 2.25. The van der Waals surface area contributed by atoms with Gasteiger partial charge in [-0.15, -0.1) is 0 Å².